The maximum atomic E-state index is 12.5. The lowest BCUT2D eigenvalue weighted by atomic mass is 9.95. The van der Waals surface area contributed by atoms with Gasteiger partial charge in [-0.1, -0.05) is 6.92 Å². The highest BCUT2D eigenvalue weighted by molar-refractivity contribution is 5.93. The molecule has 1 N–H and O–H groups in total. The minimum atomic E-state index is -0.0110. The van der Waals surface area contributed by atoms with Gasteiger partial charge in [0.05, 0.1) is 0 Å². The van der Waals surface area contributed by atoms with Gasteiger partial charge in [0.2, 0.25) is 11.8 Å². The zero-order valence-electron chi connectivity index (χ0n) is 16.6. The van der Waals surface area contributed by atoms with Crippen LogP contribution in [0.15, 0.2) is 24.3 Å². The van der Waals surface area contributed by atoms with Crippen LogP contribution in [-0.2, 0) is 9.59 Å². The Hall–Kier alpha value is -2.04. The Morgan fingerprint density at radius 3 is 2.27 bits per heavy atom. The lowest BCUT2D eigenvalue weighted by Crippen LogP contribution is -2.41. The summed E-state index contributed by atoms with van der Waals surface area (Å²) in [6, 6.07) is 8.51. The molecule has 0 saturated carbocycles. The van der Waals surface area contributed by atoms with Crippen molar-refractivity contribution in [2.75, 3.05) is 29.9 Å². The van der Waals surface area contributed by atoms with Gasteiger partial charge in [-0.3, -0.25) is 9.59 Å². The molecule has 0 spiro atoms. The van der Waals surface area contributed by atoms with E-state index in [-0.39, 0.29) is 17.7 Å². The molecule has 1 aliphatic heterocycles. The van der Waals surface area contributed by atoms with Gasteiger partial charge in [-0.05, 0) is 64.3 Å². The predicted molar refractivity (Wildman–Crippen MR) is 107 cm³/mol. The number of piperidine rings is 1. The molecule has 2 amide bonds. The number of carbonyl (C=O) groups is 2. The fourth-order valence-corrected chi connectivity index (χ4v) is 3.59. The second-order valence-electron chi connectivity index (χ2n) is 7.32. The molecule has 144 valence electrons. The summed E-state index contributed by atoms with van der Waals surface area (Å²) < 4.78 is 0. The largest absolute Gasteiger partial charge is 0.369 e. The number of anilines is 2. The van der Waals surface area contributed by atoms with E-state index in [1.165, 1.54) is 5.69 Å². The highest BCUT2D eigenvalue weighted by Gasteiger charge is 2.27. The van der Waals surface area contributed by atoms with Crippen LogP contribution in [0.1, 0.15) is 53.4 Å². The van der Waals surface area contributed by atoms with Gasteiger partial charge >= 0.3 is 0 Å². The van der Waals surface area contributed by atoms with Crippen molar-refractivity contribution in [3.05, 3.63) is 24.3 Å². The minimum absolute atomic E-state index is 0.0110. The van der Waals surface area contributed by atoms with Crippen LogP contribution >= 0.6 is 0 Å². The van der Waals surface area contributed by atoms with Crippen molar-refractivity contribution in [1.82, 2.24) is 4.90 Å². The Bertz CT molecular complexity index is 590. The molecule has 26 heavy (non-hydrogen) atoms. The van der Waals surface area contributed by atoms with Gasteiger partial charge in [0.1, 0.15) is 0 Å². The minimum Gasteiger partial charge on any atom is -0.369 e. The molecule has 0 unspecified atom stereocenters. The maximum absolute atomic E-state index is 12.5. The smallest absolute Gasteiger partial charge is 0.227 e. The molecule has 0 atom stereocenters. The van der Waals surface area contributed by atoms with Gasteiger partial charge in [-0.25, -0.2) is 0 Å². The van der Waals surface area contributed by atoms with Crippen LogP contribution in [0.2, 0.25) is 0 Å². The normalized spacial score (nSPS) is 15.2. The number of rotatable bonds is 7. The van der Waals surface area contributed by atoms with Crippen LogP contribution < -0.4 is 10.2 Å². The number of likely N-dealkylation sites (tertiary alicyclic amines) is 1. The van der Waals surface area contributed by atoms with Gasteiger partial charge < -0.3 is 15.1 Å². The third kappa shape index (κ3) is 5.23. The number of amides is 2. The first-order valence-corrected chi connectivity index (χ1v) is 9.91. The molecule has 2 rings (SSSR count). The topological polar surface area (TPSA) is 52.7 Å². The van der Waals surface area contributed by atoms with E-state index >= 15 is 0 Å². The van der Waals surface area contributed by atoms with Crippen molar-refractivity contribution < 1.29 is 9.59 Å². The van der Waals surface area contributed by atoms with Crippen molar-refractivity contribution >= 4 is 23.2 Å². The van der Waals surface area contributed by atoms with Crippen molar-refractivity contribution in [3.63, 3.8) is 0 Å². The number of hydrogen-bond donors (Lipinski definition) is 1. The summed E-state index contributed by atoms with van der Waals surface area (Å²) in [5.41, 5.74) is 2.01. The monoisotopic (exact) mass is 359 g/mol. The summed E-state index contributed by atoms with van der Waals surface area (Å²) >= 11 is 0. The van der Waals surface area contributed by atoms with E-state index in [9.17, 15) is 9.59 Å². The van der Waals surface area contributed by atoms with Crippen molar-refractivity contribution in [1.29, 1.82) is 0 Å². The number of nitrogens with one attached hydrogen (secondary N) is 1. The Morgan fingerprint density at radius 2 is 1.77 bits per heavy atom. The van der Waals surface area contributed by atoms with Gasteiger partial charge in [0.25, 0.3) is 0 Å². The second kappa shape index (κ2) is 9.60. The summed E-state index contributed by atoms with van der Waals surface area (Å²) in [6.45, 7) is 10.9. The van der Waals surface area contributed by atoms with Crippen LogP contribution in [0.4, 0.5) is 11.4 Å². The number of benzene rings is 1. The predicted octanol–water partition coefficient (Wildman–Crippen LogP) is 3.90. The van der Waals surface area contributed by atoms with Crippen LogP contribution in [0.5, 0.6) is 0 Å². The lowest BCUT2D eigenvalue weighted by Gasteiger charge is -2.31. The summed E-state index contributed by atoms with van der Waals surface area (Å²) in [7, 11) is 0. The summed E-state index contributed by atoms with van der Waals surface area (Å²) in [6.07, 6.45) is 2.97. The molecule has 0 aliphatic carbocycles. The van der Waals surface area contributed by atoms with Gasteiger partial charge in [0.15, 0.2) is 0 Å². The molecule has 1 heterocycles. The molecular formula is C21H33N3O2. The molecule has 1 aromatic rings. The van der Waals surface area contributed by atoms with E-state index in [1.807, 2.05) is 24.0 Å². The fourth-order valence-electron chi connectivity index (χ4n) is 3.59. The molecule has 0 aromatic heterocycles. The molecule has 1 aromatic carbocycles. The van der Waals surface area contributed by atoms with Crippen molar-refractivity contribution in [3.8, 4) is 0 Å². The first kappa shape index (κ1) is 20.3. The quantitative estimate of drug-likeness (QED) is 0.803. The second-order valence-corrected chi connectivity index (χ2v) is 7.32. The van der Waals surface area contributed by atoms with Crippen molar-refractivity contribution in [2.24, 2.45) is 5.92 Å². The average molecular weight is 360 g/mol. The highest BCUT2D eigenvalue weighted by Crippen LogP contribution is 2.23. The molecule has 5 heteroatoms. The molecule has 0 radical (unpaired) electrons. The summed E-state index contributed by atoms with van der Waals surface area (Å²) in [4.78, 5) is 28.7. The Balaban J connectivity index is 1.87. The number of nitrogens with zero attached hydrogens (tertiary/aromatic N) is 2. The standard InChI is InChI=1S/C21H33N3O2/c1-5-7-20(25)23-14-12-17(13-15-23)21(26)22-18-8-10-19(11-9-18)24(6-2)16(3)4/h8-11,16-17H,5-7,12-15H2,1-4H3,(H,22,26). The summed E-state index contributed by atoms with van der Waals surface area (Å²) in [5, 5.41) is 3.03. The van der Waals surface area contributed by atoms with E-state index in [0.29, 0.717) is 25.6 Å². The molecule has 1 fully saturated rings. The van der Waals surface area contributed by atoms with E-state index in [2.05, 4.69) is 43.1 Å². The van der Waals surface area contributed by atoms with Crippen LogP contribution in [-0.4, -0.2) is 42.4 Å². The third-order valence-electron chi connectivity index (χ3n) is 5.11. The molecule has 5 nitrogen and oxygen atoms in total. The lowest BCUT2D eigenvalue weighted by molar-refractivity contribution is -0.134. The number of hydrogen-bond acceptors (Lipinski definition) is 3. The summed E-state index contributed by atoms with van der Waals surface area (Å²) in [5.74, 6) is 0.271. The Morgan fingerprint density at radius 1 is 1.15 bits per heavy atom. The van der Waals surface area contributed by atoms with E-state index in [0.717, 1.165) is 31.5 Å². The van der Waals surface area contributed by atoms with Crippen LogP contribution in [0.25, 0.3) is 0 Å². The average Bonchev–Trinajstić information content (AvgIpc) is 2.63. The fraction of sp³-hybridized carbons (Fsp3) is 0.619. The zero-order chi connectivity index (χ0) is 19.1. The number of carbonyl (C=O) groups excluding carboxylic acids is 2. The Labute approximate surface area is 157 Å². The molecular weight excluding hydrogens is 326 g/mol. The first-order chi connectivity index (χ1) is 12.5. The molecule has 1 saturated heterocycles. The van der Waals surface area contributed by atoms with Gasteiger partial charge in [-0.15, -0.1) is 0 Å². The molecule has 0 bridgehead atoms. The van der Waals surface area contributed by atoms with Crippen molar-refractivity contribution in [2.45, 2.75) is 59.4 Å². The molecule has 1 aliphatic rings. The third-order valence-corrected chi connectivity index (χ3v) is 5.11. The van der Waals surface area contributed by atoms with E-state index in [4.69, 9.17) is 0 Å². The van der Waals surface area contributed by atoms with Gasteiger partial charge in [0, 0.05) is 49.4 Å². The van der Waals surface area contributed by atoms with E-state index in [1.54, 1.807) is 0 Å². The van der Waals surface area contributed by atoms with Crippen LogP contribution in [0, 0.1) is 5.92 Å². The van der Waals surface area contributed by atoms with Crippen LogP contribution in [0.3, 0.4) is 0 Å². The zero-order valence-corrected chi connectivity index (χ0v) is 16.6. The first-order valence-electron chi connectivity index (χ1n) is 9.91. The van der Waals surface area contributed by atoms with Gasteiger partial charge in [-0.2, -0.15) is 0 Å². The Kier molecular flexibility index (Phi) is 7.49. The maximum Gasteiger partial charge on any atom is 0.227 e. The SMILES string of the molecule is CCCC(=O)N1CCC(C(=O)Nc2ccc(N(CC)C(C)C)cc2)CC1. The highest BCUT2D eigenvalue weighted by atomic mass is 16.2. The van der Waals surface area contributed by atoms with E-state index < -0.39 is 0 Å².